The molecule has 2 aromatic rings. The number of aryl methyl sites for hydroxylation is 1. The zero-order valence-corrected chi connectivity index (χ0v) is 13.0. The molecule has 2 aromatic heterocycles. The molecule has 4 nitrogen and oxygen atoms in total. The summed E-state index contributed by atoms with van der Waals surface area (Å²) in [5.74, 6) is 1.15. The summed E-state index contributed by atoms with van der Waals surface area (Å²) in [6.45, 7) is 5.31. The average Bonchev–Trinajstić information content (AvgIpc) is 3.11. The molecule has 22 heavy (non-hydrogen) atoms. The molecule has 4 heterocycles. The highest BCUT2D eigenvalue weighted by Crippen LogP contribution is 2.34. The van der Waals surface area contributed by atoms with E-state index in [-0.39, 0.29) is 0 Å². The first kappa shape index (κ1) is 13.7. The zero-order valence-electron chi connectivity index (χ0n) is 13.0. The predicted molar refractivity (Wildman–Crippen MR) is 87.8 cm³/mol. The van der Waals surface area contributed by atoms with E-state index in [0.29, 0.717) is 12.1 Å². The second-order valence-electron chi connectivity index (χ2n) is 6.33. The Morgan fingerprint density at radius 1 is 1.05 bits per heavy atom. The van der Waals surface area contributed by atoms with Gasteiger partial charge in [0, 0.05) is 43.6 Å². The van der Waals surface area contributed by atoms with Crippen LogP contribution in [0, 0.1) is 6.92 Å². The lowest BCUT2D eigenvalue weighted by atomic mass is 10.1. The Morgan fingerprint density at radius 2 is 1.95 bits per heavy atom. The van der Waals surface area contributed by atoms with Crippen molar-refractivity contribution in [3.63, 3.8) is 0 Å². The summed E-state index contributed by atoms with van der Waals surface area (Å²) in [6.07, 6.45) is 4.35. The van der Waals surface area contributed by atoms with E-state index in [1.165, 1.54) is 18.5 Å². The van der Waals surface area contributed by atoms with Crippen LogP contribution in [-0.2, 0) is 6.54 Å². The molecule has 0 aliphatic carbocycles. The van der Waals surface area contributed by atoms with Crippen LogP contribution in [0.3, 0.4) is 0 Å². The Kier molecular flexibility index (Phi) is 3.54. The molecule has 0 bridgehead atoms. The average molecular weight is 294 g/mol. The standard InChI is InChI=1S/C18H22N4/c1-14-5-4-7-18(20-14)22-12-9-16-17(22)8-11-21(16)13-15-6-2-3-10-19-15/h2-7,10,16-17H,8-9,11-13H2,1H3. The van der Waals surface area contributed by atoms with Crippen molar-refractivity contribution in [2.75, 3.05) is 18.0 Å². The number of hydrogen-bond donors (Lipinski definition) is 0. The number of anilines is 1. The summed E-state index contributed by atoms with van der Waals surface area (Å²) in [4.78, 5) is 14.3. The summed E-state index contributed by atoms with van der Waals surface area (Å²) in [5, 5.41) is 0. The number of hydrogen-bond acceptors (Lipinski definition) is 4. The van der Waals surface area contributed by atoms with E-state index < -0.39 is 0 Å². The summed E-state index contributed by atoms with van der Waals surface area (Å²) in [6, 6.07) is 13.8. The van der Waals surface area contributed by atoms with Crippen LogP contribution in [-0.4, -0.2) is 40.0 Å². The molecule has 4 rings (SSSR count). The van der Waals surface area contributed by atoms with Gasteiger partial charge in [-0.25, -0.2) is 4.98 Å². The van der Waals surface area contributed by atoms with Crippen molar-refractivity contribution in [3.8, 4) is 0 Å². The van der Waals surface area contributed by atoms with Gasteiger partial charge in [-0.15, -0.1) is 0 Å². The van der Waals surface area contributed by atoms with Gasteiger partial charge in [0.2, 0.25) is 0 Å². The minimum atomic E-state index is 0.609. The third-order valence-corrected chi connectivity index (χ3v) is 4.95. The monoisotopic (exact) mass is 294 g/mol. The van der Waals surface area contributed by atoms with Gasteiger partial charge in [-0.05, 0) is 44.0 Å². The van der Waals surface area contributed by atoms with E-state index >= 15 is 0 Å². The quantitative estimate of drug-likeness (QED) is 0.871. The number of fused-ring (bicyclic) bond motifs is 1. The molecular weight excluding hydrogens is 272 g/mol. The largest absolute Gasteiger partial charge is 0.352 e. The first-order valence-corrected chi connectivity index (χ1v) is 8.15. The zero-order chi connectivity index (χ0) is 14.9. The molecule has 114 valence electrons. The summed E-state index contributed by atoms with van der Waals surface area (Å²) < 4.78 is 0. The molecule has 0 radical (unpaired) electrons. The van der Waals surface area contributed by atoms with Gasteiger partial charge in [0.1, 0.15) is 5.82 Å². The van der Waals surface area contributed by atoms with Crippen LogP contribution < -0.4 is 4.90 Å². The SMILES string of the molecule is Cc1cccc(N2CCC3C2CCN3Cc2ccccn2)n1. The molecule has 2 aliphatic rings. The van der Waals surface area contributed by atoms with Gasteiger partial charge in [0.05, 0.1) is 5.69 Å². The van der Waals surface area contributed by atoms with E-state index in [1.54, 1.807) is 0 Å². The van der Waals surface area contributed by atoms with Gasteiger partial charge in [0.15, 0.2) is 0 Å². The number of likely N-dealkylation sites (tertiary alicyclic amines) is 1. The molecule has 0 aromatic carbocycles. The maximum atomic E-state index is 4.72. The van der Waals surface area contributed by atoms with E-state index in [2.05, 4.69) is 52.0 Å². The van der Waals surface area contributed by atoms with Crippen LogP contribution in [0.25, 0.3) is 0 Å². The fourth-order valence-electron chi connectivity index (χ4n) is 3.94. The van der Waals surface area contributed by atoms with Crippen LogP contribution in [0.2, 0.25) is 0 Å². The maximum Gasteiger partial charge on any atom is 0.129 e. The molecule has 0 spiro atoms. The predicted octanol–water partition coefficient (Wildman–Crippen LogP) is 2.64. The molecule has 0 amide bonds. The summed E-state index contributed by atoms with van der Waals surface area (Å²) in [7, 11) is 0. The van der Waals surface area contributed by atoms with Crippen molar-refractivity contribution in [1.82, 2.24) is 14.9 Å². The second kappa shape index (κ2) is 5.69. The Morgan fingerprint density at radius 3 is 2.77 bits per heavy atom. The van der Waals surface area contributed by atoms with E-state index in [0.717, 1.165) is 31.1 Å². The maximum absolute atomic E-state index is 4.72. The van der Waals surface area contributed by atoms with Gasteiger partial charge in [0.25, 0.3) is 0 Å². The van der Waals surface area contributed by atoms with Crippen molar-refractivity contribution in [2.24, 2.45) is 0 Å². The Balaban J connectivity index is 1.49. The molecule has 2 unspecified atom stereocenters. The Labute approximate surface area is 131 Å². The fraction of sp³-hybridized carbons (Fsp3) is 0.444. The van der Waals surface area contributed by atoms with Crippen molar-refractivity contribution >= 4 is 5.82 Å². The molecular formula is C18H22N4. The van der Waals surface area contributed by atoms with Crippen LogP contribution >= 0.6 is 0 Å². The van der Waals surface area contributed by atoms with Gasteiger partial charge < -0.3 is 4.90 Å². The molecule has 4 heteroatoms. The number of rotatable bonds is 3. The van der Waals surface area contributed by atoms with E-state index in [9.17, 15) is 0 Å². The Hall–Kier alpha value is -1.94. The smallest absolute Gasteiger partial charge is 0.129 e. The van der Waals surface area contributed by atoms with Crippen molar-refractivity contribution in [1.29, 1.82) is 0 Å². The van der Waals surface area contributed by atoms with Gasteiger partial charge in [-0.2, -0.15) is 0 Å². The number of nitrogens with zero attached hydrogens (tertiary/aromatic N) is 4. The highest BCUT2D eigenvalue weighted by atomic mass is 15.3. The first-order chi connectivity index (χ1) is 10.8. The highest BCUT2D eigenvalue weighted by molar-refractivity contribution is 5.43. The highest BCUT2D eigenvalue weighted by Gasteiger charge is 2.42. The summed E-state index contributed by atoms with van der Waals surface area (Å²) >= 11 is 0. The van der Waals surface area contributed by atoms with Crippen molar-refractivity contribution in [2.45, 2.75) is 38.4 Å². The lowest BCUT2D eigenvalue weighted by Gasteiger charge is -2.26. The third-order valence-electron chi connectivity index (χ3n) is 4.95. The van der Waals surface area contributed by atoms with Crippen molar-refractivity contribution < 1.29 is 0 Å². The Bertz CT molecular complexity index is 643. The van der Waals surface area contributed by atoms with Crippen molar-refractivity contribution in [3.05, 3.63) is 54.0 Å². The fourth-order valence-corrected chi connectivity index (χ4v) is 3.94. The summed E-state index contributed by atoms with van der Waals surface area (Å²) in [5.41, 5.74) is 2.28. The number of pyridine rings is 2. The minimum Gasteiger partial charge on any atom is -0.352 e. The van der Waals surface area contributed by atoms with Crippen LogP contribution in [0.4, 0.5) is 5.82 Å². The molecule has 2 atom stereocenters. The van der Waals surface area contributed by atoms with E-state index in [1.807, 2.05) is 12.3 Å². The van der Waals surface area contributed by atoms with Crippen LogP contribution in [0.1, 0.15) is 24.2 Å². The van der Waals surface area contributed by atoms with Gasteiger partial charge >= 0.3 is 0 Å². The topological polar surface area (TPSA) is 32.3 Å². The normalized spacial score (nSPS) is 24.7. The van der Waals surface area contributed by atoms with Crippen LogP contribution in [0.5, 0.6) is 0 Å². The second-order valence-corrected chi connectivity index (χ2v) is 6.33. The van der Waals surface area contributed by atoms with Gasteiger partial charge in [-0.1, -0.05) is 12.1 Å². The van der Waals surface area contributed by atoms with Gasteiger partial charge in [-0.3, -0.25) is 9.88 Å². The van der Waals surface area contributed by atoms with Crippen LogP contribution in [0.15, 0.2) is 42.6 Å². The lowest BCUT2D eigenvalue weighted by Crippen LogP contribution is -2.36. The first-order valence-electron chi connectivity index (χ1n) is 8.15. The third kappa shape index (κ3) is 2.48. The molecule has 2 aliphatic heterocycles. The molecule has 0 saturated carbocycles. The number of aromatic nitrogens is 2. The molecule has 0 N–H and O–H groups in total. The molecule has 2 fully saturated rings. The van der Waals surface area contributed by atoms with E-state index in [4.69, 9.17) is 4.98 Å². The molecule has 2 saturated heterocycles. The lowest BCUT2D eigenvalue weighted by molar-refractivity contribution is 0.243. The minimum absolute atomic E-state index is 0.609.